The van der Waals surface area contributed by atoms with Crippen LogP contribution in [0.3, 0.4) is 0 Å². The van der Waals surface area contributed by atoms with Gasteiger partial charge >= 0.3 is 11.9 Å². The molecule has 0 saturated carbocycles. The van der Waals surface area contributed by atoms with Gasteiger partial charge in [0.1, 0.15) is 0 Å². The van der Waals surface area contributed by atoms with Crippen LogP contribution in [-0.4, -0.2) is 17.0 Å². The average Bonchev–Trinajstić information content (AvgIpc) is 2.18. The fourth-order valence-electron chi connectivity index (χ4n) is 0.731. The van der Waals surface area contributed by atoms with E-state index in [9.17, 15) is 14.0 Å². The highest BCUT2D eigenvalue weighted by atomic mass is 35.5. The predicted molar refractivity (Wildman–Crippen MR) is 49.7 cm³/mol. The molecule has 0 radical (unpaired) electrons. The number of hydrogen-bond acceptors (Lipinski definition) is 3. The molecule has 0 unspecified atom stereocenters. The summed E-state index contributed by atoms with van der Waals surface area (Å²) in [7, 11) is 0. The van der Waals surface area contributed by atoms with Gasteiger partial charge in [0.05, 0.1) is 10.0 Å². The van der Waals surface area contributed by atoms with Gasteiger partial charge in [-0.1, -0.05) is 23.2 Å². The summed E-state index contributed by atoms with van der Waals surface area (Å²) in [5.74, 6) is -5.11. The monoisotopic (exact) mass is 252 g/mol. The first kappa shape index (κ1) is 11.7. The van der Waals surface area contributed by atoms with E-state index in [1.165, 1.54) is 6.07 Å². The molecule has 0 spiro atoms. The zero-order chi connectivity index (χ0) is 11.6. The number of aliphatic carboxylic acids is 1. The van der Waals surface area contributed by atoms with E-state index in [-0.39, 0.29) is 5.02 Å². The minimum absolute atomic E-state index is 0.0655. The Bertz CT molecular complexity index is 433. The molecule has 1 aromatic carbocycles. The standard InChI is InChI=1S/C8H3Cl2FO4/c9-3-1-2-4(6(11)5(3)10)15-8(14)7(12)13/h1-2H,(H,12,13). The Morgan fingerprint density at radius 3 is 2.47 bits per heavy atom. The van der Waals surface area contributed by atoms with Crippen molar-refractivity contribution in [1.82, 2.24) is 0 Å². The number of carboxylic acids is 1. The van der Waals surface area contributed by atoms with Crippen LogP contribution in [0.15, 0.2) is 12.1 Å². The Morgan fingerprint density at radius 2 is 1.93 bits per heavy atom. The molecule has 0 aliphatic carbocycles. The average molecular weight is 253 g/mol. The van der Waals surface area contributed by atoms with E-state index in [4.69, 9.17) is 28.3 Å². The molecule has 1 aromatic rings. The normalized spacial score (nSPS) is 9.80. The maximum absolute atomic E-state index is 13.2. The van der Waals surface area contributed by atoms with Crippen LogP contribution in [-0.2, 0) is 9.59 Å². The van der Waals surface area contributed by atoms with Crippen molar-refractivity contribution < 1.29 is 23.8 Å². The van der Waals surface area contributed by atoms with Crippen LogP contribution >= 0.6 is 23.2 Å². The molecule has 1 N–H and O–H groups in total. The summed E-state index contributed by atoms with van der Waals surface area (Å²) in [4.78, 5) is 20.7. The Hall–Kier alpha value is -1.33. The van der Waals surface area contributed by atoms with Gasteiger partial charge < -0.3 is 9.84 Å². The van der Waals surface area contributed by atoms with Gasteiger partial charge in [0.2, 0.25) is 0 Å². The SMILES string of the molecule is O=C(O)C(=O)Oc1ccc(Cl)c(Cl)c1F. The van der Waals surface area contributed by atoms with Crippen LogP contribution < -0.4 is 4.74 Å². The van der Waals surface area contributed by atoms with Crippen molar-refractivity contribution in [3.05, 3.63) is 28.0 Å². The second-order valence-corrected chi connectivity index (χ2v) is 3.15. The third kappa shape index (κ3) is 2.57. The van der Waals surface area contributed by atoms with Gasteiger partial charge in [-0.3, -0.25) is 0 Å². The van der Waals surface area contributed by atoms with Gasteiger partial charge in [-0.25, -0.2) is 14.0 Å². The Balaban J connectivity index is 3.02. The summed E-state index contributed by atoms with van der Waals surface area (Å²) < 4.78 is 17.4. The number of carboxylic acid groups (broad SMARTS) is 1. The van der Waals surface area contributed by atoms with Gasteiger partial charge in [0.15, 0.2) is 11.6 Å². The minimum Gasteiger partial charge on any atom is -0.473 e. The van der Waals surface area contributed by atoms with Crippen molar-refractivity contribution >= 4 is 35.1 Å². The van der Waals surface area contributed by atoms with Crippen LogP contribution in [0.25, 0.3) is 0 Å². The molecule has 15 heavy (non-hydrogen) atoms. The Morgan fingerprint density at radius 1 is 1.33 bits per heavy atom. The molecule has 1 rings (SSSR count). The molecule has 0 aromatic heterocycles. The Kier molecular flexibility index (Phi) is 3.49. The van der Waals surface area contributed by atoms with Crippen LogP contribution in [0.5, 0.6) is 5.75 Å². The molecule has 80 valence electrons. The molecule has 0 amide bonds. The fraction of sp³-hybridized carbons (Fsp3) is 0. The van der Waals surface area contributed by atoms with E-state index in [1.807, 2.05) is 0 Å². The third-order valence-corrected chi connectivity index (χ3v) is 2.16. The number of esters is 1. The summed E-state index contributed by atoms with van der Waals surface area (Å²) in [6.07, 6.45) is 0. The molecule has 0 atom stereocenters. The van der Waals surface area contributed by atoms with Crippen LogP contribution in [0.2, 0.25) is 10.0 Å². The number of carbonyl (C=O) groups excluding carboxylic acids is 1. The van der Waals surface area contributed by atoms with Gasteiger partial charge in [-0.05, 0) is 12.1 Å². The van der Waals surface area contributed by atoms with Crippen LogP contribution in [0.4, 0.5) is 4.39 Å². The second kappa shape index (κ2) is 4.46. The molecule has 0 fully saturated rings. The quantitative estimate of drug-likeness (QED) is 0.360. The van der Waals surface area contributed by atoms with Crippen molar-refractivity contribution in [2.75, 3.05) is 0 Å². The minimum atomic E-state index is -1.83. The molecule has 7 heteroatoms. The van der Waals surface area contributed by atoms with Crippen LogP contribution in [0, 0.1) is 5.82 Å². The lowest BCUT2D eigenvalue weighted by atomic mass is 10.3. The number of benzene rings is 1. The van der Waals surface area contributed by atoms with Crippen molar-refractivity contribution in [2.45, 2.75) is 0 Å². The van der Waals surface area contributed by atoms with E-state index in [2.05, 4.69) is 4.74 Å². The number of ether oxygens (including phenoxy) is 1. The predicted octanol–water partition coefficient (Wildman–Crippen LogP) is 2.12. The topological polar surface area (TPSA) is 63.6 Å². The van der Waals surface area contributed by atoms with E-state index < -0.39 is 28.5 Å². The van der Waals surface area contributed by atoms with Gasteiger partial charge in [-0.2, -0.15) is 0 Å². The molecular formula is C8H3Cl2FO4. The highest BCUT2D eigenvalue weighted by molar-refractivity contribution is 6.42. The third-order valence-electron chi connectivity index (χ3n) is 1.38. The summed E-state index contributed by atoms with van der Waals surface area (Å²) in [6, 6.07) is 2.18. The lowest BCUT2D eigenvalue weighted by Gasteiger charge is -2.04. The number of halogens is 3. The van der Waals surface area contributed by atoms with E-state index in [0.717, 1.165) is 6.07 Å². The highest BCUT2D eigenvalue weighted by Crippen LogP contribution is 2.31. The molecule has 4 nitrogen and oxygen atoms in total. The smallest absolute Gasteiger partial charge is 0.422 e. The summed E-state index contributed by atoms with van der Waals surface area (Å²) >= 11 is 10.9. The highest BCUT2D eigenvalue weighted by Gasteiger charge is 2.19. The zero-order valence-electron chi connectivity index (χ0n) is 6.96. The lowest BCUT2D eigenvalue weighted by molar-refractivity contribution is -0.158. The fourth-order valence-corrected chi connectivity index (χ4v) is 1.03. The summed E-state index contributed by atoms with van der Waals surface area (Å²) in [5.41, 5.74) is 0. The van der Waals surface area contributed by atoms with Crippen molar-refractivity contribution in [1.29, 1.82) is 0 Å². The number of rotatable bonds is 1. The molecule has 0 aliphatic rings. The maximum atomic E-state index is 13.2. The number of carbonyl (C=O) groups is 2. The first-order valence-corrected chi connectivity index (χ1v) is 4.27. The van der Waals surface area contributed by atoms with Gasteiger partial charge in [0.25, 0.3) is 0 Å². The number of hydrogen-bond donors (Lipinski definition) is 1. The molecular weight excluding hydrogens is 250 g/mol. The maximum Gasteiger partial charge on any atom is 0.422 e. The molecule has 0 aliphatic heterocycles. The van der Waals surface area contributed by atoms with Crippen LogP contribution in [0.1, 0.15) is 0 Å². The van der Waals surface area contributed by atoms with Crippen molar-refractivity contribution in [2.24, 2.45) is 0 Å². The largest absolute Gasteiger partial charge is 0.473 e. The van der Waals surface area contributed by atoms with Crippen molar-refractivity contribution in [3.63, 3.8) is 0 Å². The van der Waals surface area contributed by atoms with Gasteiger partial charge in [-0.15, -0.1) is 0 Å². The summed E-state index contributed by atoms with van der Waals surface area (Å²) in [5, 5.41) is 7.70. The first-order chi connectivity index (χ1) is 6.93. The first-order valence-electron chi connectivity index (χ1n) is 3.52. The molecule has 0 bridgehead atoms. The van der Waals surface area contributed by atoms with E-state index >= 15 is 0 Å². The Labute approximate surface area is 93.2 Å². The lowest BCUT2D eigenvalue weighted by Crippen LogP contribution is -2.19. The van der Waals surface area contributed by atoms with Gasteiger partial charge in [0, 0.05) is 0 Å². The second-order valence-electron chi connectivity index (χ2n) is 2.37. The van der Waals surface area contributed by atoms with E-state index in [0.29, 0.717) is 0 Å². The van der Waals surface area contributed by atoms with E-state index in [1.54, 1.807) is 0 Å². The van der Waals surface area contributed by atoms with Crippen molar-refractivity contribution in [3.8, 4) is 5.75 Å². The summed E-state index contributed by atoms with van der Waals surface area (Å²) in [6.45, 7) is 0. The molecule has 0 heterocycles. The zero-order valence-corrected chi connectivity index (χ0v) is 8.47. The molecule has 0 saturated heterocycles.